The molecule has 1 aromatic rings. The highest BCUT2D eigenvalue weighted by molar-refractivity contribution is 5.67. The van der Waals surface area contributed by atoms with E-state index in [1.165, 1.54) is 16.8 Å². The first-order valence-electron chi connectivity index (χ1n) is 6.78. The second-order valence-electron chi connectivity index (χ2n) is 4.97. The van der Waals surface area contributed by atoms with E-state index in [4.69, 9.17) is 9.84 Å². The molecule has 0 amide bonds. The fraction of sp³-hybridized carbons (Fsp3) is 0.533. The van der Waals surface area contributed by atoms with Crippen LogP contribution in [0.5, 0.6) is 0 Å². The number of aliphatic carboxylic acids is 1. The van der Waals surface area contributed by atoms with Crippen molar-refractivity contribution in [2.45, 2.75) is 32.8 Å². The van der Waals surface area contributed by atoms with E-state index in [0.717, 1.165) is 13.0 Å². The number of anilines is 1. The van der Waals surface area contributed by atoms with Crippen molar-refractivity contribution < 1.29 is 14.6 Å². The van der Waals surface area contributed by atoms with Crippen LogP contribution in [-0.4, -0.2) is 36.9 Å². The fourth-order valence-electron chi connectivity index (χ4n) is 2.70. The molecule has 4 heteroatoms. The predicted octanol–water partition coefficient (Wildman–Crippen LogP) is 2.24. The maximum atomic E-state index is 10.8. The standard InChI is InChI=1S/C15H21NO3/c1-3-12-6-4-5-11(2)15(12)16-7-8-19-13(10-16)9-14(17)18/h4-6,13H,3,7-10H2,1-2H3,(H,17,18). The van der Waals surface area contributed by atoms with Gasteiger partial charge in [0, 0.05) is 18.8 Å². The van der Waals surface area contributed by atoms with Crippen molar-refractivity contribution in [3.05, 3.63) is 29.3 Å². The maximum Gasteiger partial charge on any atom is 0.306 e. The van der Waals surface area contributed by atoms with Gasteiger partial charge in [-0.2, -0.15) is 0 Å². The van der Waals surface area contributed by atoms with E-state index in [9.17, 15) is 4.79 Å². The summed E-state index contributed by atoms with van der Waals surface area (Å²) >= 11 is 0. The van der Waals surface area contributed by atoms with E-state index in [0.29, 0.717) is 13.2 Å². The molecule has 0 aromatic heterocycles. The second kappa shape index (κ2) is 6.06. The number of hydrogen-bond acceptors (Lipinski definition) is 3. The Morgan fingerprint density at radius 1 is 1.53 bits per heavy atom. The zero-order valence-electron chi connectivity index (χ0n) is 11.6. The molecule has 1 aliphatic rings. The van der Waals surface area contributed by atoms with Crippen LogP contribution in [0.1, 0.15) is 24.5 Å². The van der Waals surface area contributed by atoms with Gasteiger partial charge in [0.25, 0.3) is 0 Å². The minimum atomic E-state index is -0.799. The molecule has 19 heavy (non-hydrogen) atoms. The molecule has 2 rings (SSSR count). The van der Waals surface area contributed by atoms with Crippen LogP contribution in [0.15, 0.2) is 18.2 Å². The zero-order valence-corrected chi connectivity index (χ0v) is 11.6. The topological polar surface area (TPSA) is 49.8 Å². The van der Waals surface area contributed by atoms with Crippen LogP contribution in [0.25, 0.3) is 0 Å². The average Bonchev–Trinajstić information content (AvgIpc) is 2.37. The summed E-state index contributed by atoms with van der Waals surface area (Å²) in [4.78, 5) is 13.1. The van der Waals surface area contributed by atoms with Gasteiger partial charge in [-0.1, -0.05) is 25.1 Å². The number of carboxylic acid groups (broad SMARTS) is 1. The Morgan fingerprint density at radius 3 is 3.00 bits per heavy atom. The van der Waals surface area contributed by atoms with Crippen LogP contribution in [0.4, 0.5) is 5.69 Å². The lowest BCUT2D eigenvalue weighted by Gasteiger charge is -2.36. The number of nitrogens with zero attached hydrogens (tertiary/aromatic N) is 1. The lowest BCUT2D eigenvalue weighted by atomic mass is 10.0. The van der Waals surface area contributed by atoms with E-state index in [1.54, 1.807) is 0 Å². The number of hydrogen-bond donors (Lipinski definition) is 1. The summed E-state index contributed by atoms with van der Waals surface area (Å²) in [7, 11) is 0. The molecule has 0 aliphatic carbocycles. The van der Waals surface area contributed by atoms with E-state index >= 15 is 0 Å². The van der Waals surface area contributed by atoms with Gasteiger partial charge in [0.1, 0.15) is 0 Å². The quantitative estimate of drug-likeness (QED) is 0.905. The average molecular weight is 263 g/mol. The van der Waals surface area contributed by atoms with Gasteiger partial charge in [-0.15, -0.1) is 0 Å². The van der Waals surface area contributed by atoms with E-state index in [-0.39, 0.29) is 12.5 Å². The molecule has 1 aromatic carbocycles. The molecule has 0 saturated carbocycles. The van der Waals surface area contributed by atoms with Crippen LogP contribution < -0.4 is 4.90 Å². The van der Waals surface area contributed by atoms with Crippen molar-refractivity contribution in [2.24, 2.45) is 0 Å². The summed E-state index contributed by atoms with van der Waals surface area (Å²) in [5, 5.41) is 8.88. The number of carboxylic acids is 1. The lowest BCUT2D eigenvalue weighted by molar-refractivity contribution is -0.140. The van der Waals surface area contributed by atoms with Crippen LogP contribution >= 0.6 is 0 Å². The first-order valence-corrected chi connectivity index (χ1v) is 6.78. The maximum absolute atomic E-state index is 10.8. The number of carbonyl (C=O) groups is 1. The van der Waals surface area contributed by atoms with Crippen molar-refractivity contribution in [1.29, 1.82) is 0 Å². The molecular weight excluding hydrogens is 242 g/mol. The molecule has 0 radical (unpaired) electrons. The largest absolute Gasteiger partial charge is 0.481 e. The third-order valence-electron chi connectivity index (χ3n) is 3.56. The third kappa shape index (κ3) is 3.26. The molecule has 1 heterocycles. The Balaban J connectivity index is 2.19. The van der Waals surface area contributed by atoms with Gasteiger partial charge in [-0.3, -0.25) is 4.79 Å². The molecule has 1 fully saturated rings. The smallest absolute Gasteiger partial charge is 0.306 e. The van der Waals surface area contributed by atoms with Crippen molar-refractivity contribution >= 4 is 11.7 Å². The summed E-state index contributed by atoms with van der Waals surface area (Å²) in [5.41, 5.74) is 3.81. The molecule has 1 aliphatic heterocycles. The summed E-state index contributed by atoms with van der Waals surface area (Å²) in [6, 6.07) is 6.33. The van der Waals surface area contributed by atoms with Crippen molar-refractivity contribution in [3.63, 3.8) is 0 Å². The molecule has 1 saturated heterocycles. The summed E-state index contributed by atoms with van der Waals surface area (Å²) in [5.74, 6) is -0.799. The number of morpholine rings is 1. The van der Waals surface area contributed by atoms with Crippen molar-refractivity contribution in [3.8, 4) is 0 Å². The highest BCUT2D eigenvalue weighted by atomic mass is 16.5. The molecule has 0 spiro atoms. The van der Waals surface area contributed by atoms with Crippen LogP contribution in [0.2, 0.25) is 0 Å². The van der Waals surface area contributed by atoms with E-state index in [1.807, 2.05) is 0 Å². The highest BCUT2D eigenvalue weighted by Crippen LogP contribution is 2.27. The van der Waals surface area contributed by atoms with E-state index < -0.39 is 5.97 Å². The van der Waals surface area contributed by atoms with Crippen LogP contribution in [0.3, 0.4) is 0 Å². The monoisotopic (exact) mass is 263 g/mol. The lowest BCUT2D eigenvalue weighted by Crippen LogP contribution is -2.44. The normalized spacial score (nSPS) is 19.5. The van der Waals surface area contributed by atoms with Gasteiger partial charge in [-0.25, -0.2) is 0 Å². The SMILES string of the molecule is CCc1cccc(C)c1N1CCOC(CC(=O)O)C1. The Labute approximate surface area is 114 Å². The molecule has 104 valence electrons. The van der Waals surface area contributed by atoms with Crippen molar-refractivity contribution in [2.75, 3.05) is 24.6 Å². The first-order chi connectivity index (χ1) is 9.11. The Morgan fingerprint density at radius 2 is 2.32 bits per heavy atom. The number of ether oxygens (including phenoxy) is 1. The van der Waals surface area contributed by atoms with Crippen LogP contribution in [0, 0.1) is 6.92 Å². The first kappa shape index (κ1) is 13.9. The van der Waals surface area contributed by atoms with Gasteiger partial charge in [0.15, 0.2) is 0 Å². The van der Waals surface area contributed by atoms with Gasteiger partial charge in [-0.05, 0) is 24.5 Å². The van der Waals surface area contributed by atoms with E-state index in [2.05, 4.69) is 36.9 Å². The molecule has 0 bridgehead atoms. The van der Waals surface area contributed by atoms with Crippen molar-refractivity contribution in [1.82, 2.24) is 0 Å². The molecular formula is C15H21NO3. The molecule has 1 unspecified atom stereocenters. The second-order valence-corrected chi connectivity index (χ2v) is 4.97. The summed E-state index contributed by atoms with van der Waals surface area (Å²) in [6.07, 6.45) is 0.845. The third-order valence-corrected chi connectivity index (χ3v) is 3.56. The summed E-state index contributed by atoms with van der Waals surface area (Å²) in [6.45, 7) is 6.33. The predicted molar refractivity (Wildman–Crippen MR) is 74.8 cm³/mol. The summed E-state index contributed by atoms with van der Waals surface area (Å²) < 4.78 is 5.53. The minimum absolute atomic E-state index is 0.0733. The number of benzene rings is 1. The fourth-order valence-corrected chi connectivity index (χ4v) is 2.70. The molecule has 4 nitrogen and oxygen atoms in total. The van der Waals surface area contributed by atoms with Gasteiger partial charge in [0.05, 0.1) is 19.1 Å². The number of para-hydroxylation sites is 1. The van der Waals surface area contributed by atoms with Gasteiger partial charge < -0.3 is 14.7 Å². The Bertz CT molecular complexity index is 459. The van der Waals surface area contributed by atoms with Gasteiger partial charge in [0.2, 0.25) is 0 Å². The highest BCUT2D eigenvalue weighted by Gasteiger charge is 2.24. The number of aryl methyl sites for hydroxylation is 2. The zero-order chi connectivity index (χ0) is 13.8. The minimum Gasteiger partial charge on any atom is -0.481 e. The Hall–Kier alpha value is -1.55. The van der Waals surface area contributed by atoms with Gasteiger partial charge >= 0.3 is 5.97 Å². The Kier molecular flexibility index (Phi) is 4.43. The van der Waals surface area contributed by atoms with Crippen LogP contribution in [-0.2, 0) is 16.0 Å². The molecule has 1 atom stereocenters. The molecule has 1 N–H and O–H groups in total. The number of rotatable bonds is 4.